The molecule has 0 spiro atoms. The number of phenols is 1. The summed E-state index contributed by atoms with van der Waals surface area (Å²) < 4.78 is 0. The molecule has 1 atom stereocenters. The maximum Gasteiger partial charge on any atom is 0.176 e. The zero-order valence-electron chi connectivity index (χ0n) is 14.0. The summed E-state index contributed by atoms with van der Waals surface area (Å²) in [7, 11) is 0. The van der Waals surface area contributed by atoms with E-state index in [1.165, 1.54) is 17.3 Å². The van der Waals surface area contributed by atoms with E-state index in [0.29, 0.717) is 12.1 Å². The number of hydrogen-bond acceptors (Lipinski definition) is 4. The number of ketones is 1. The third kappa shape index (κ3) is 6.19. The molecule has 2 aromatic carbocycles. The predicted molar refractivity (Wildman–Crippen MR) is 104 cm³/mol. The number of carbonyl (C=O) groups excluding carboxylic acids is 1. The molecule has 2 N–H and O–H groups in total. The van der Waals surface area contributed by atoms with Crippen molar-refractivity contribution in [1.82, 2.24) is 5.32 Å². The molecule has 1 unspecified atom stereocenters. The second-order valence-corrected chi connectivity index (χ2v) is 6.46. The van der Waals surface area contributed by atoms with E-state index in [1.54, 1.807) is 18.2 Å². The fourth-order valence-electron chi connectivity index (χ4n) is 2.35. The van der Waals surface area contributed by atoms with E-state index in [2.05, 4.69) is 24.4 Å². The molecule has 0 bridgehead atoms. The van der Waals surface area contributed by atoms with Crippen LogP contribution in [-0.4, -0.2) is 29.7 Å². The Bertz CT molecular complexity index is 649. The van der Waals surface area contributed by atoms with Crippen LogP contribution in [0.5, 0.6) is 5.75 Å². The van der Waals surface area contributed by atoms with Crippen molar-refractivity contribution in [2.75, 3.05) is 12.8 Å². The fraction of sp³-hybridized carbons (Fsp3) is 0.316. The molecule has 0 heterocycles. The molecule has 2 aromatic rings. The van der Waals surface area contributed by atoms with Crippen molar-refractivity contribution in [3.05, 3.63) is 59.7 Å². The number of Topliss-reactive ketones (excluding diaryl/α,β-unsaturated/α-hetero) is 1. The number of phenolic OH excluding ortho intramolecular Hbond substituents is 1. The van der Waals surface area contributed by atoms with Gasteiger partial charge in [0.1, 0.15) is 5.75 Å². The third-order valence-corrected chi connectivity index (χ3v) is 4.59. The molecule has 130 valence electrons. The molecule has 2 rings (SSSR count). The smallest absolute Gasteiger partial charge is 0.176 e. The second-order valence-electron chi connectivity index (χ2n) is 5.62. The van der Waals surface area contributed by atoms with Crippen LogP contribution in [0.2, 0.25) is 0 Å². The Balaban J connectivity index is 0.00000288. The van der Waals surface area contributed by atoms with Gasteiger partial charge >= 0.3 is 0 Å². The highest BCUT2D eigenvalue weighted by Crippen LogP contribution is 2.27. The number of thioether (sulfide) groups is 1. The number of rotatable bonds is 8. The van der Waals surface area contributed by atoms with Gasteiger partial charge in [0, 0.05) is 16.5 Å². The lowest BCUT2D eigenvalue weighted by atomic mass is 10.1. The molecule has 0 aliphatic carbocycles. The minimum absolute atomic E-state index is 0. The number of benzene rings is 2. The monoisotopic (exact) mass is 365 g/mol. The van der Waals surface area contributed by atoms with Gasteiger partial charge in [-0.15, -0.1) is 24.2 Å². The van der Waals surface area contributed by atoms with Crippen LogP contribution in [0.4, 0.5) is 0 Å². The van der Waals surface area contributed by atoms with Gasteiger partial charge in [-0.05, 0) is 49.8 Å². The number of aromatic hydroxyl groups is 1. The normalized spacial score (nSPS) is 11.6. The van der Waals surface area contributed by atoms with E-state index in [4.69, 9.17) is 0 Å². The average molecular weight is 366 g/mol. The Morgan fingerprint density at radius 1 is 1.21 bits per heavy atom. The quantitative estimate of drug-likeness (QED) is 0.540. The van der Waals surface area contributed by atoms with Crippen LogP contribution in [-0.2, 0) is 6.42 Å². The highest BCUT2D eigenvalue weighted by molar-refractivity contribution is 7.98. The van der Waals surface area contributed by atoms with E-state index in [0.717, 1.165) is 17.7 Å². The summed E-state index contributed by atoms with van der Waals surface area (Å²) in [5.74, 6) is 0.269. The number of nitrogens with one attached hydrogen (secondary N) is 1. The summed E-state index contributed by atoms with van der Waals surface area (Å²) in [6.45, 7) is 2.41. The van der Waals surface area contributed by atoms with Gasteiger partial charge < -0.3 is 10.4 Å². The number of halogens is 1. The van der Waals surface area contributed by atoms with Crippen molar-refractivity contribution >= 4 is 30.0 Å². The SMILES string of the molecule is CSc1cc(C(=O)CNC(C)CCc2ccccc2)ccc1O.Cl. The first-order chi connectivity index (χ1) is 11.1. The van der Waals surface area contributed by atoms with Crippen LogP contribution in [0.25, 0.3) is 0 Å². The van der Waals surface area contributed by atoms with Gasteiger partial charge in [-0.3, -0.25) is 4.79 Å². The van der Waals surface area contributed by atoms with Crippen molar-refractivity contribution < 1.29 is 9.90 Å². The van der Waals surface area contributed by atoms with E-state index >= 15 is 0 Å². The Labute approximate surface area is 154 Å². The average Bonchev–Trinajstić information content (AvgIpc) is 2.59. The lowest BCUT2D eigenvalue weighted by molar-refractivity contribution is 0.0987. The van der Waals surface area contributed by atoms with E-state index < -0.39 is 0 Å². The molecule has 0 aliphatic rings. The zero-order valence-corrected chi connectivity index (χ0v) is 15.6. The Kier molecular flexibility index (Phi) is 8.90. The second kappa shape index (κ2) is 10.4. The lowest BCUT2D eigenvalue weighted by Crippen LogP contribution is -2.31. The molecule has 0 fully saturated rings. The van der Waals surface area contributed by atoms with Gasteiger partial charge in [0.25, 0.3) is 0 Å². The van der Waals surface area contributed by atoms with Gasteiger partial charge in [-0.25, -0.2) is 0 Å². The van der Waals surface area contributed by atoms with Crippen LogP contribution in [0.3, 0.4) is 0 Å². The van der Waals surface area contributed by atoms with Gasteiger partial charge in [0.15, 0.2) is 5.78 Å². The van der Waals surface area contributed by atoms with Crippen molar-refractivity contribution in [2.45, 2.75) is 30.7 Å². The molecule has 0 saturated carbocycles. The Morgan fingerprint density at radius 3 is 2.58 bits per heavy atom. The molecule has 0 aromatic heterocycles. The van der Waals surface area contributed by atoms with Crippen LogP contribution < -0.4 is 5.32 Å². The Morgan fingerprint density at radius 2 is 1.92 bits per heavy atom. The Hall–Kier alpha value is -1.49. The van der Waals surface area contributed by atoms with Crippen LogP contribution in [0.1, 0.15) is 29.3 Å². The highest BCUT2D eigenvalue weighted by atomic mass is 35.5. The minimum atomic E-state index is 0. The number of aryl methyl sites for hydroxylation is 1. The molecule has 0 amide bonds. The van der Waals surface area contributed by atoms with E-state index in [1.807, 2.05) is 24.5 Å². The molecule has 0 radical (unpaired) electrons. The first kappa shape index (κ1) is 20.6. The molecule has 5 heteroatoms. The summed E-state index contributed by atoms with van der Waals surface area (Å²) in [6.07, 6.45) is 3.87. The predicted octanol–water partition coefficient (Wildman–Crippen LogP) is 4.33. The zero-order chi connectivity index (χ0) is 16.7. The van der Waals surface area contributed by atoms with Crippen molar-refractivity contribution in [2.24, 2.45) is 0 Å². The largest absolute Gasteiger partial charge is 0.507 e. The van der Waals surface area contributed by atoms with E-state index in [9.17, 15) is 9.90 Å². The van der Waals surface area contributed by atoms with Gasteiger partial charge in [-0.1, -0.05) is 30.3 Å². The minimum Gasteiger partial charge on any atom is -0.507 e. The molecular formula is C19H24ClNO2S. The molecule has 3 nitrogen and oxygen atoms in total. The molecule has 0 saturated heterocycles. The summed E-state index contributed by atoms with van der Waals surface area (Å²) >= 11 is 1.43. The maximum absolute atomic E-state index is 12.2. The first-order valence-corrected chi connectivity index (χ1v) is 9.00. The van der Waals surface area contributed by atoms with Gasteiger partial charge in [-0.2, -0.15) is 0 Å². The fourth-order valence-corrected chi connectivity index (χ4v) is 2.87. The van der Waals surface area contributed by atoms with Crippen LogP contribution in [0.15, 0.2) is 53.4 Å². The summed E-state index contributed by atoms with van der Waals surface area (Å²) in [5.41, 5.74) is 1.95. The number of hydrogen-bond donors (Lipinski definition) is 2. The molecule has 0 aliphatic heterocycles. The van der Waals surface area contributed by atoms with Crippen molar-refractivity contribution in [1.29, 1.82) is 0 Å². The summed E-state index contributed by atoms with van der Waals surface area (Å²) in [6, 6.07) is 15.6. The van der Waals surface area contributed by atoms with Crippen molar-refractivity contribution in [3.63, 3.8) is 0 Å². The highest BCUT2D eigenvalue weighted by Gasteiger charge is 2.10. The summed E-state index contributed by atoms with van der Waals surface area (Å²) in [5, 5.41) is 12.9. The maximum atomic E-state index is 12.2. The third-order valence-electron chi connectivity index (χ3n) is 3.82. The molecular weight excluding hydrogens is 342 g/mol. The van der Waals surface area contributed by atoms with Gasteiger partial charge in [0.05, 0.1) is 6.54 Å². The molecule has 24 heavy (non-hydrogen) atoms. The number of carbonyl (C=O) groups is 1. The lowest BCUT2D eigenvalue weighted by Gasteiger charge is -2.13. The van der Waals surface area contributed by atoms with Crippen LogP contribution >= 0.6 is 24.2 Å². The van der Waals surface area contributed by atoms with Gasteiger partial charge in [0.2, 0.25) is 0 Å². The standard InChI is InChI=1S/C19H23NO2S.ClH/c1-14(8-9-15-6-4-3-5-7-15)20-13-18(22)16-10-11-17(21)19(12-16)23-2;/h3-7,10-12,14,20-21H,8-9,13H2,1-2H3;1H. The topological polar surface area (TPSA) is 49.3 Å². The van der Waals surface area contributed by atoms with Crippen LogP contribution in [0, 0.1) is 0 Å². The van der Waals surface area contributed by atoms with E-state index in [-0.39, 0.29) is 30.0 Å². The van der Waals surface area contributed by atoms with Crippen molar-refractivity contribution in [3.8, 4) is 5.75 Å². The first-order valence-electron chi connectivity index (χ1n) is 7.77. The summed E-state index contributed by atoms with van der Waals surface area (Å²) in [4.78, 5) is 13.0.